The highest BCUT2D eigenvalue weighted by Crippen LogP contribution is 2.08. The first-order valence-corrected chi connectivity index (χ1v) is 7.03. The van der Waals surface area contributed by atoms with Crippen LogP contribution >= 0.6 is 12.2 Å². The predicted octanol–water partition coefficient (Wildman–Crippen LogP) is 2.41. The van der Waals surface area contributed by atoms with Crippen LogP contribution in [0.2, 0.25) is 0 Å². The molecule has 1 rings (SSSR count). The number of carbonyl (C=O) groups excluding carboxylic acids is 1. The summed E-state index contributed by atoms with van der Waals surface area (Å²) in [6.45, 7) is 6.32. The van der Waals surface area contributed by atoms with Crippen LogP contribution in [0.3, 0.4) is 0 Å². The maximum atomic E-state index is 11.9. The quantitative estimate of drug-likeness (QED) is 0.786. The minimum absolute atomic E-state index is 0.0589. The van der Waals surface area contributed by atoms with E-state index in [-0.39, 0.29) is 11.9 Å². The van der Waals surface area contributed by atoms with E-state index in [1.165, 1.54) is 0 Å². The molecule has 0 aliphatic carbocycles. The van der Waals surface area contributed by atoms with Gasteiger partial charge in [0.05, 0.1) is 6.42 Å². The van der Waals surface area contributed by atoms with Crippen molar-refractivity contribution in [3.05, 3.63) is 35.4 Å². The zero-order valence-corrected chi connectivity index (χ0v) is 12.6. The Morgan fingerprint density at radius 1 is 1.32 bits per heavy atom. The van der Waals surface area contributed by atoms with Crippen LogP contribution < -0.4 is 11.1 Å². The Morgan fingerprint density at radius 3 is 2.32 bits per heavy atom. The normalized spacial score (nSPS) is 12.2. The maximum Gasteiger partial charge on any atom is 0.224 e. The molecule has 4 heteroatoms. The smallest absolute Gasteiger partial charge is 0.224 e. The first kappa shape index (κ1) is 15.6. The van der Waals surface area contributed by atoms with Gasteiger partial charge < -0.3 is 11.1 Å². The van der Waals surface area contributed by atoms with Crippen LogP contribution in [-0.4, -0.2) is 16.9 Å². The number of carbonyl (C=O) groups is 1. The molecule has 1 aromatic carbocycles. The van der Waals surface area contributed by atoms with E-state index >= 15 is 0 Å². The van der Waals surface area contributed by atoms with E-state index in [1.807, 2.05) is 24.3 Å². The van der Waals surface area contributed by atoms with Crippen LogP contribution in [0.25, 0.3) is 0 Å². The summed E-state index contributed by atoms with van der Waals surface area (Å²) in [6, 6.07) is 7.73. The topological polar surface area (TPSA) is 55.1 Å². The monoisotopic (exact) mass is 278 g/mol. The van der Waals surface area contributed by atoms with Gasteiger partial charge in [-0.2, -0.15) is 0 Å². The standard InChI is InChI=1S/C15H22N2OS/c1-4-13(10(2)3)17-14(18)9-11-5-7-12(8-6-11)15(16)19/h5-8,10,13H,4,9H2,1-3H3,(H2,16,19)(H,17,18). The number of benzene rings is 1. The van der Waals surface area contributed by atoms with E-state index in [4.69, 9.17) is 18.0 Å². The Kier molecular flexibility index (Phi) is 5.96. The zero-order valence-electron chi connectivity index (χ0n) is 11.8. The molecular formula is C15H22N2OS. The van der Waals surface area contributed by atoms with E-state index in [1.54, 1.807) is 0 Å². The molecule has 0 bridgehead atoms. The molecular weight excluding hydrogens is 256 g/mol. The third-order valence-corrected chi connectivity index (χ3v) is 3.43. The molecule has 0 fully saturated rings. The Bertz CT molecular complexity index is 440. The lowest BCUT2D eigenvalue weighted by Crippen LogP contribution is -2.38. The van der Waals surface area contributed by atoms with Gasteiger partial charge in [0.15, 0.2) is 0 Å². The third-order valence-electron chi connectivity index (χ3n) is 3.19. The summed E-state index contributed by atoms with van der Waals surface area (Å²) < 4.78 is 0. The molecule has 0 radical (unpaired) electrons. The fourth-order valence-corrected chi connectivity index (χ4v) is 2.11. The van der Waals surface area contributed by atoms with Gasteiger partial charge in [-0.15, -0.1) is 0 Å². The lowest BCUT2D eigenvalue weighted by molar-refractivity contribution is -0.121. The van der Waals surface area contributed by atoms with Crippen molar-refractivity contribution in [2.75, 3.05) is 0 Å². The van der Waals surface area contributed by atoms with Crippen molar-refractivity contribution >= 4 is 23.1 Å². The molecule has 0 saturated heterocycles. The molecule has 1 atom stereocenters. The molecule has 3 N–H and O–H groups in total. The van der Waals surface area contributed by atoms with Crippen molar-refractivity contribution < 1.29 is 4.79 Å². The summed E-state index contributed by atoms with van der Waals surface area (Å²) in [5.41, 5.74) is 7.33. The lowest BCUT2D eigenvalue weighted by Gasteiger charge is -2.20. The highest BCUT2D eigenvalue weighted by Gasteiger charge is 2.14. The molecule has 1 aromatic rings. The SMILES string of the molecule is CCC(NC(=O)Cc1ccc(C(N)=S)cc1)C(C)C. The molecule has 0 aliphatic heterocycles. The second kappa shape index (κ2) is 7.24. The second-order valence-corrected chi connectivity index (χ2v) is 5.50. The average Bonchev–Trinajstić information content (AvgIpc) is 2.36. The van der Waals surface area contributed by atoms with Crippen LogP contribution in [-0.2, 0) is 11.2 Å². The summed E-state index contributed by atoms with van der Waals surface area (Å²) in [7, 11) is 0. The number of thiocarbonyl (C=S) groups is 1. The van der Waals surface area contributed by atoms with Crippen molar-refractivity contribution in [3.63, 3.8) is 0 Å². The van der Waals surface area contributed by atoms with Crippen LogP contribution in [0, 0.1) is 5.92 Å². The summed E-state index contributed by atoms with van der Waals surface area (Å²) in [4.78, 5) is 12.3. The number of nitrogens with one attached hydrogen (secondary N) is 1. The predicted molar refractivity (Wildman–Crippen MR) is 83.1 cm³/mol. The maximum absolute atomic E-state index is 11.9. The van der Waals surface area contributed by atoms with Crippen LogP contribution in [0.1, 0.15) is 38.3 Å². The summed E-state index contributed by atoms with van der Waals surface area (Å²) >= 11 is 4.89. The number of rotatable bonds is 6. The fraction of sp³-hybridized carbons (Fsp3) is 0.467. The molecule has 3 nitrogen and oxygen atoms in total. The minimum Gasteiger partial charge on any atom is -0.389 e. The molecule has 0 saturated carbocycles. The van der Waals surface area contributed by atoms with Gasteiger partial charge in [-0.05, 0) is 17.9 Å². The lowest BCUT2D eigenvalue weighted by atomic mass is 10.0. The Balaban J connectivity index is 2.59. The van der Waals surface area contributed by atoms with E-state index < -0.39 is 0 Å². The number of hydrogen-bond donors (Lipinski definition) is 2. The first-order valence-electron chi connectivity index (χ1n) is 6.62. The Hall–Kier alpha value is -1.42. The van der Waals surface area contributed by atoms with Crippen molar-refractivity contribution in [2.24, 2.45) is 11.7 Å². The zero-order chi connectivity index (χ0) is 14.4. The fourth-order valence-electron chi connectivity index (χ4n) is 1.97. The molecule has 104 valence electrons. The largest absolute Gasteiger partial charge is 0.389 e. The second-order valence-electron chi connectivity index (χ2n) is 5.06. The van der Waals surface area contributed by atoms with Gasteiger partial charge in [-0.3, -0.25) is 4.79 Å². The highest BCUT2D eigenvalue weighted by molar-refractivity contribution is 7.80. The molecule has 1 amide bonds. The summed E-state index contributed by atoms with van der Waals surface area (Å²) in [5, 5.41) is 3.06. The van der Waals surface area contributed by atoms with Crippen molar-refractivity contribution in [1.29, 1.82) is 0 Å². The molecule has 1 unspecified atom stereocenters. The van der Waals surface area contributed by atoms with E-state index in [0.717, 1.165) is 17.5 Å². The van der Waals surface area contributed by atoms with Gasteiger partial charge in [0, 0.05) is 11.6 Å². The van der Waals surface area contributed by atoms with Gasteiger partial charge in [-0.25, -0.2) is 0 Å². The van der Waals surface area contributed by atoms with E-state index in [9.17, 15) is 4.79 Å². The molecule has 0 aromatic heterocycles. The van der Waals surface area contributed by atoms with Gasteiger partial charge >= 0.3 is 0 Å². The molecule has 0 aliphatic rings. The van der Waals surface area contributed by atoms with Crippen LogP contribution in [0.4, 0.5) is 0 Å². The van der Waals surface area contributed by atoms with Gasteiger partial charge in [-0.1, -0.05) is 57.3 Å². The van der Waals surface area contributed by atoms with Gasteiger partial charge in [0.1, 0.15) is 4.99 Å². The van der Waals surface area contributed by atoms with Crippen LogP contribution in [0.15, 0.2) is 24.3 Å². The van der Waals surface area contributed by atoms with E-state index in [2.05, 4.69) is 26.1 Å². The number of hydrogen-bond acceptors (Lipinski definition) is 2. The minimum atomic E-state index is 0.0589. The molecule has 0 heterocycles. The Labute approximate surface area is 120 Å². The highest BCUT2D eigenvalue weighted by atomic mass is 32.1. The molecule has 0 spiro atoms. The van der Waals surface area contributed by atoms with Crippen molar-refractivity contribution in [2.45, 2.75) is 39.7 Å². The van der Waals surface area contributed by atoms with Crippen molar-refractivity contribution in [3.8, 4) is 0 Å². The summed E-state index contributed by atoms with van der Waals surface area (Å²) in [5.74, 6) is 0.509. The van der Waals surface area contributed by atoms with Crippen molar-refractivity contribution in [1.82, 2.24) is 5.32 Å². The van der Waals surface area contributed by atoms with Crippen LogP contribution in [0.5, 0.6) is 0 Å². The first-order chi connectivity index (χ1) is 8.93. The van der Waals surface area contributed by atoms with Gasteiger partial charge in [0.25, 0.3) is 0 Å². The Morgan fingerprint density at radius 2 is 1.89 bits per heavy atom. The summed E-state index contributed by atoms with van der Waals surface area (Å²) in [6.07, 6.45) is 1.34. The third kappa shape index (κ3) is 4.99. The molecule has 19 heavy (non-hydrogen) atoms. The average molecular weight is 278 g/mol. The van der Waals surface area contributed by atoms with E-state index in [0.29, 0.717) is 17.3 Å². The van der Waals surface area contributed by atoms with Gasteiger partial charge in [0.2, 0.25) is 5.91 Å². The number of nitrogens with two attached hydrogens (primary N) is 1. The number of amides is 1.